The lowest BCUT2D eigenvalue weighted by Crippen LogP contribution is -2.39. The van der Waals surface area contributed by atoms with Gasteiger partial charge in [0.1, 0.15) is 0 Å². The number of carbonyl (C=O) groups is 1. The van der Waals surface area contributed by atoms with Crippen molar-refractivity contribution in [2.45, 2.75) is 38.7 Å². The first kappa shape index (κ1) is 19.2. The standard InChI is InChI=1S/C22H27FN2O2/c1-2-20(27-21-13-6-4-11-18(21)23)22(26)24-14-8-16-25-15-7-10-17-9-3-5-12-19(17)25/h3-6,9,11-13,20H,2,7-8,10,14-16H2,1H3,(H,24,26)/t20-/m0/s1. The van der Waals surface area contributed by atoms with Gasteiger partial charge in [-0.15, -0.1) is 0 Å². The zero-order valence-corrected chi connectivity index (χ0v) is 15.8. The summed E-state index contributed by atoms with van der Waals surface area (Å²) in [6, 6.07) is 14.7. The molecule has 0 aromatic heterocycles. The van der Waals surface area contributed by atoms with E-state index in [9.17, 15) is 9.18 Å². The minimum absolute atomic E-state index is 0.115. The summed E-state index contributed by atoms with van der Waals surface area (Å²) in [6.07, 6.45) is 2.96. The Morgan fingerprint density at radius 1 is 1.22 bits per heavy atom. The van der Waals surface area contributed by atoms with Crippen LogP contribution in [0.1, 0.15) is 31.7 Å². The van der Waals surface area contributed by atoms with E-state index in [0.29, 0.717) is 13.0 Å². The van der Waals surface area contributed by atoms with E-state index in [1.165, 1.54) is 17.3 Å². The molecule has 27 heavy (non-hydrogen) atoms. The summed E-state index contributed by atoms with van der Waals surface area (Å²) >= 11 is 0. The molecule has 144 valence electrons. The summed E-state index contributed by atoms with van der Waals surface area (Å²) in [7, 11) is 0. The van der Waals surface area contributed by atoms with Crippen LogP contribution in [0.4, 0.5) is 10.1 Å². The second-order valence-electron chi connectivity index (χ2n) is 6.81. The van der Waals surface area contributed by atoms with Crippen LogP contribution in [0.25, 0.3) is 0 Å². The van der Waals surface area contributed by atoms with E-state index in [1.54, 1.807) is 18.2 Å². The third-order valence-corrected chi connectivity index (χ3v) is 4.88. The minimum Gasteiger partial charge on any atom is -0.478 e. The molecule has 0 unspecified atom stereocenters. The number of halogens is 1. The molecule has 0 saturated heterocycles. The Labute approximate surface area is 160 Å². The molecule has 0 fully saturated rings. The third-order valence-electron chi connectivity index (χ3n) is 4.88. The van der Waals surface area contributed by atoms with Crippen molar-refractivity contribution in [1.82, 2.24) is 5.32 Å². The van der Waals surface area contributed by atoms with Crippen molar-refractivity contribution in [3.8, 4) is 5.75 Å². The monoisotopic (exact) mass is 370 g/mol. The van der Waals surface area contributed by atoms with Crippen LogP contribution in [0.3, 0.4) is 0 Å². The highest BCUT2D eigenvalue weighted by molar-refractivity contribution is 5.81. The number of anilines is 1. The lowest BCUT2D eigenvalue weighted by molar-refractivity contribution is -0.128. The molecule has 2 aromatic rings. The summed E-state index contributed by atoms with van der Waals surface area (Å²) in [6.45, 7) is 4.39. The van der Waals surface area contributed by atoms with E-state index in [0.717, 1.165) is 32.4 Å². The topological polar surface area (TPSA) is 41.6 Å². The number of para-hydroxylation sites is 2. The lowest BCUT2D eigenvalue weighted by Gasteiger charge is -2.31. The second-order valence-corrected chi connectivity index (χ2v) is 6.81. The zero-order chi connectivity index (χ0) is 19.1. The Bertz CT molecular complexity index is 765. The van der Waals surface area contributed by atoms with E-state index in [4.69, 9.17) is 4.74 Å². The van der Waals surface area contributed by atoms with Crippen molar-refractivity contribution in [3.05, 3.63) is 59.9 Å². The number of nitrogens with one attached hydrogen (secondary N) is 1. The van der Waals surface area contributed by atoms with Gasteiger partial charge in [-0.05, 0) is 49.4 Å². The number of rotatable bonds is 8. The van der Waals surface area contributed by atoms with E-state index in [1.807, 2.05) is 6.92 Å². The number of carbonyl (C=O) groups excluding carboxylic acids is 1. The SMILES string of the molecule is CC[C@H](Oc1ccccc1F)C(=O)NCCCN1CCCc2ccccc21. The Kier molecular flexibility index (Phi) is 6.69. The number of benzene rings is 2. The Morgan fingerprint density at radius 3 is 2.81 bits per heavy atom. The van der Waals surface area contributed by atoms with Gasteiger partial charge in [0.2, 0.25) is 0 Å². The van der Waals surface area contributed by atoms with Crippen LogP contribution < -0.4 is 15.0 Å². The number of hydrogen-bond donors (Lipinski definition) is 1. The molecule has 1 aliphatic heterocycles. The number of ether oxygens (including phenoxy) is 1. The van der Waals surface area contributed by atoms with Gasteiger partial charge in [-0.1, -0.05) is 37.3 Å². The van der Waals surface area contributed by atoms with Crippen LogP contribution in [-0.2, 0) is 11.2 Å². The molecule has 1 amide bonds. The minimum atomic E-state index is -0.683. The molecule has 1 atom stereocenters. The maximum atomic E-state index is 13.7. The molecule has 4 nitrogen and oxygen atoms in total. The summed E-state index contributed by atoms with van der Waals surface area (Å²) in [4.78, 5) is 14.8. The van der Waals surface area contributed by atoms with Gasteiger partial charge in [0.25, 0.3) is 5.91 Å². The molecule has 1 N–H and O–H groups in total. The molecule has 0 spiro atoms. The van der Waals surface area contributed by atoms with E-state index >= 15 is 0 Å². The normalized spacial score (nSPS) is 14.4. The predicted molar refractivity (Wildman–Crippen MR) is 106 cm³/mol. The Morgan fingerprint density at radius 2 is 2.00 bits per heavy atom. The molecule has 2 aromatic carbocycles. The van der Waals surface area contributed by atoms with Crippen molar-refractivity contribution < 1.29 is 13.9 Å². The molecule has 0 saturated carbocycles. The van der Waals surface area contributed by atoms with E-state index < -0.39 is 11.9 Å². The van der Waals surface area contributed by atoms with Crippen LogP contribution in [0.15, 0.2) is 48.5 Å². The quantitative estimate of drug-likeness (QED) is 0.716. The smallest absolute Gasteiger partial charge is 0.261 e. The molecule has 3 rings (SSSR count). The number of hydrogen-bond acceptors (Lipinski definition) is 3. The Balaban J connectivity index is 1.46. The van der Waals surface area contributed by atoms with Crippen LogP contribution in [-0.4, -0.2) is 31.6 Å². The van der Waals surface area contributed by atoms with Crippen molar-refractivity contribution in [2.75, 3.05) is 24.5 Å². The fourth-order valence-corrected chi connectivity index (χ4v) is 3.45. The van der Waals surface area contributed by atoms with Crippen LogP contribution >= 0.6 is 0 Å². The van der Waals surface area contributed by atoms with Crippen LogP contribution in [0, 0.1) is 5.82 Å². The second kappa shape index (κ2) is 9.40. The number of aryl methyl sites for hydroxylation is 1. The highest BCUT2D eigenvalue weighted by atomic mass is 19.1. The largest absolute Gasteiger partial charge is 0.478 e. The van der Waals surface area contributed by atoms with Gasteiger partial charge < -0.3 is 15.0 Å². The molecular formula is C22H27FN2O2. The molecule has 0 radical (unpaired) electrons. The average molecular weight is 370 g/mol. The molecule has 0 aliphatic carbocycles. The van der Waals surface area contributed by atoms with Gasteiger partial charge in [0, 0.05) is 25.3 Å². The zero-order valence-electron chi connectivity index (χ0n) is 15.8. The lowest BCUT2D eigenvalue weighted by atomic mass is 10.0. The average Bonchev–Trinajstić information content (AvgIpc) is 2.70. The van der Waals surface area contributed by atoms with E-state index in [-0.39, 0.29) is 11.7 Å². The van der Waals surface area contributed by atoms with Crippen molar-refractivity contribution >= 4 is 11.6 Å². The third kappa shape index (κ3) is 5.00. The van der Waals surface area contributed by atoms with Crippen LogP contribution in [0.2, 0.25) is 0 Å². The van der Waals surface area contributed by atoms with E-state index in [2.05, 4.69) is 34.5 Å². The highest BCUT2D eigenvalue weighted by Crippen LogP contribution is 2.26. The first-order valence-electron chi connectivity index (χ1n) is 9.70. The van der Waals surface area contributed by atoms with Gasteiger partial charge in [-0.25, -0.2) is 4.39 Å². The van der Waals surface area contributed by atoms with Gasteiger partial charge in [-0.2, -0.15) is 0 Å². The first-order chi connectivity index (χ1) is 13.2. The van der Waals surface area contributed by atoms with Crippen LogP contribution in [0.5, 0.6) is 5.75 Å². The Hall–Kier alpha value is -2.56. The maximum Gasteiger partial charge on any atom is 0.261 e. The predicted octanol–water partition coefficient (Wildman–Crippen LogP) is 3.94. The molecule has 5 heteroatoms. The van der Waals surface area contributed by atoms with Gasteiger partial charge in [-0.3, -0.25) is 4.79 Å². The fraction of sp³-hybridized carbons (Fsp3) is 0.409. The molecule has 1 heterocycles. The number of fused-ring (bicyclic) bond motifs is 1. The summed E-state index contributed by atoms with van der Waals surface area (Å²) < 4.78 is 19.3. The molecule has 1 aliphatic rings. The van der Waals surface area contributed by atoms with Gasteiger partial charge in [0.15, 0.2) is 17.7 Å². The molecule has 0 bridgehead atoms. The first-order valence-corrected chi connectivity index (χ1v) is 9.70. The fourth-order valence-electron chi connectivity index (χ4n) is 3.45. The van der Waals surface area contributed by atoms with Crippen molar-refractivity contribution in [3.63, 3.8) is 0 Å². The highest BCUT2D eigenvalue weighted by Gasteiger charge is 2.20. The number of nitrogens with zero attached hydrogens (tertiary/aromatic N) is 1. The summed E-state index contributed by atoms with van der Waals surface area (Å²) in [5.41, 5.74) is 2.71. The van der Waals surface area contributed by atoms with Gasteiger partial charge in [0.05, 0.1) is 0 Å². The summed E-state index contributed by atoms with van der Waals surface area (Å²) in [5, 5.41) is 2.92. The number of amides is 1. The molecular weight excluding hydrogens is 343 g/mol. The van der Waals surface area contributed by atoms with Gasteiger partial charge >= 0.3 is 0 Å². The maximum absolute atomic E-state index is 13.7. The summed E-state index contributed by atoms with van der Waals surface area (Å²) in [5.74, 6) is -0.531. The van der Waals surface area contributed by atoms with Crippen molar-refractivity contribution in [2.24, 2.45) is 0 Å². The van der Waals surface area contributed by atoms with Crippen molar-refractivity contribution in [1.29, 1.82) is 0 Å².